The van der Waals surface area contributed by atoms with Crippen LogP contribution in [0.3, 0.4) is 0 Å². The number of aryl methyl sites for hydroxylation is 1. The second-order valence-corrected chi connectivity index (χ2v) is 8.81. The number of rotatable bonds is 7. The molecule has 0 bridgehead atoms. The fourth-order valence-electron chi connectivity index (χ4n) is 4.08. The van der Waals surface area contributed by atoms with Crippen LogP contribution >= 0.6 is 11.3 Å². The summed E-state index contributed by atoms with van der Waals surface area (Å²) in [5.41, 5.74) is 2.51. The van der Waals surface area contributed by atoms with Gasteiger partial charge in [-0.2, -0.15) is 0 Å². The van der Waals surface area contributed by atoms with E-state index in [9.17, 15) is 14.7 Å². The molecule has 3 heterocycles. The number of furan rings is 1. The lowest BCUT2D eigenvalue weighted by molar-refractivity contribution is -0.117. The summed E-state index contributed by atoms with van der Waals surface area (Å²) in [4.78, 5) is 32.7. The molecule has 1 aliphatic rings. The van der Waals surface area contributed by atoms with Crippen LogP contribution in [-0.2, 0) is 11.2 Å². The maximum absolute atomic E-state index is 13.3. The number of hydrogen-bond acceptors (Lipinski definition) is 7. The van der Waals surface area contributed by atoms with Gasteiger partial charge in [-0.15, -0.1) is 0 Å². The van der Waals surface area contributed by atoms with E-state index in [1.54, 1.807) is 30.3 Å². The van der Waals surface area contributed by atoms with Crippen LogP contribution < -0.4 is 9.64 Å². The van der Waals surface area contributed by atoms with Gasteiger partial charge in [-0.1, -0.05) is 36.5 Å². The summed E-state index contributed by atoms with van der Waals surface area (Å²) in [5, 5.41) is 11.3. The van der Waals surface area contributed by atoms with E-state index >= 15 is 0 Å². The fraction of sp³-hybridized carbons (Fsp3) is 0.192. The number of Topliss-reactive ketones (excluding diaryl/α,β-unsaturated/α-hetero) is 1. The van der Waals surface area contributed by atoms with Crippen molar-refractivity contribution in [2.24, 2.45) is 0 Å². The van der Waals surface area contributed by atoms with Gasteiger partial charge in [-0.05, 0) is 60.9 Å². The minimum atomic E-state index is -0.869. The molecule has 1 amide bonds. The third-order valence-electron chi connectivity index (χ3n) is 5.76. The lowest BCUT2D eigenvalue weighted by Crippen LogP contribution is -2.30. The summed E-state index contributed by atoms with van der Waals surface area (Å²) < 4.78 is 11.7. The van der Waals surface area contributed by atoms with Crippen LogP contribution in [0.15, 0.2) is 76.6 Å². The summed E-state index contributed by atoms with van der Waals surface area (Å²) in [6.45, 7) is 4.48. The molecule has 0 saturated carbocycles. The highest BCUT2D eigenvalue weighted by Gasteiger charge is 2.46. The van der Waals surface area contributed by atoms with E-state index in [1.165, 1.54) is 28.6 Å². The Balaban J connectivity index is 1.64. The molecule has 1 N–H and O–H groups in total. The van der Waals surface area contributed by atoms with Crippen molar-refractivity contribution in [3.8, 4) is 5.75 Å². The molecule has 0 aliphatic carbocycles. The molecule has 8 heteroatoms. The number of carbonyl (C=O) groups is 2. The number of anilines is 1. The Hall–Kier alpha value is -3.91. The quantitative estimate of drug-likeness (QED) is 0.349. The Bertz CT molecular complexity index is 1400. The highest BCUT2D eigenvalue weighted by atomic mass is 32.1. The highest BCUT2D eigenvalue weighted by Crippen LogP contribution is 2.44. The number of hydrogen-bond donors (Lipinski definition) is 1. The normalized spacial score (nSPS) is 16.0. The number of amides is 1. The third-order valence-corrected chi connectivity index (χ3v) is 6.78. The van der Waals surface area contributed by atoms with Gasteiger partial charge in [0.25, 0.3) is 5.91 Å². The predicted octanol–water partition coefficient (Wildman–Crippen LogP) is 5.63. The minimum absolute atomic E-state index is 0.0439. The number of thiazole rings is 1. The molecular weight excluding hydrogens is 452 g/mol. The first kappa shape index (κ1) is 21.9. The standard InChI is InChI=1S/C26H22N2O5S/c1-3-15-7-12-18-20(14-15)34-26(27-18)28-22(16-8-10-17(11-9-16)32-4-2)21(24(30)25(28)31)23(29)19-6-5-13-33-19/h5-14,22,30H,3-4H2,1-2H3/t22-/m1/s1. The number of aliphatic hydroxyl groups excluding tert-OH is 1. The molecule has 2 aromatic heterocycles. The summed E-state index contributed by atoms with van der Waals surface area (Å²) in [6.07, 6.45) is 2.26. The van der Waals surface area contributed by atoms with Gasteiger partial charge in [0.1, 0.15) is 5.75 Å². The van der Waals surface area contributed by atoms with E-state index in [-0.39, 0.29) is 11.3 Å². The van der Waals surface area contributed by atoms with Crippen LogP contribution in [0.1, 0.15) is 41.6 Å². The molecule has 0 saturated heterocycles. The van der Waals surface area contributed by atoms with Crippen molar-refractivity contribution in [1.29, 1.82) is 0 Å². The molecule has 1 aliphatic heterocycles. The number of aromatic nitrogens is 1. The SMILES string of the molecule is CCOc1ccc([C@@H]2C(C(=O)c3ccco3)=C(O)C(=O)N2c2nc3ccc(CC)cc3s2)cc1. The Morgan fingerprint density at radius 3 is 2.65 bits per heavy atom. The largest absolute Gasteiger partial charge is 0.503 e. The summed E-state index contributed by atoms with van der Waals surface area (Å²) in [7, 11) is 0. The lowest BCUT2D eigenvalue weighted by atomic mass is 9.95. The van der Waals surface area contributed by atoms with Crippen LogP contribution in [-0.4, -0.2) is 28.4 Å². The van der Waals surface area contributed by atoms with Gasteiger partial charge >= 0.3 is 0 Å². The second kappa shape index (κ2) is 8.79. The lowest BCUT2D eigenvalue weighted by Gasteiger charge is -2.24. The van der Waals surface area contributed by atoms with E-state index in [1.807, 2.05) is 25.1 Å². The maximum Gasteiger partial charge on any atom is 0.296 e. The monoisotopic (exact) mass is 474 g/mol. The number of nitrogens with zero attached hydrogens (tertiary/aromatic N) is 2. The highest BCUT2D eigenvalue weighted by molar-refractivity contribution is 7.22. The first-order valence-electron chi connectivity index (χ1n) is 11.0. The molecule has 0 spiro atoms. The third kappa shape index (κ3) is 3.66. The molecule has 0 unspecified atom stereocenters. The van der Waals surface area contributed by atoms with Crippen molar-refractivity contribution in [3.05, 3.63) is 89.1 Å². The zero-order valence-corrected chi connectivity index (χ0v) is 19.5. The Kier molecular flexibility index (Phi) is 5.67. The van der Waals surface area contributed by atoms with Crippen LogP contribution in [0.2, 0.25) is 0 Å². The van der Waals surface area contributed by atoms with E-state index in [0.717, 1.165) is 22.2 Å². The molecular formula is C26H22N2O5S. The summed E-state index contributed by atoms with van der Waals surface area (Å²) in [5.74, 6) is -1.12. The Morgan fingerprint density at radius 2 is 1.97 bits per heavy atom. The molecule has 1 atom stereocenters. The van der Waals surface area contributed by atoms with Gasteiger partial charge in [0.2, 0.25) is 5.78 Å². The molecule has 172 valence electrons. The molecule has 7 nitrogen and oxygen atoms in total. The summed E-state index contributed by atoms with van der Waals surface area (Å²) in [6, 6.07) is 15.3. The number of aliphatic hydroxyl groups is 1. The topological polar surface area (TPSA) is 92.9 Å². The Labute approximate surface area is 199 Å². The summed E-state index contributed by atoms with van der Waals surface area (Å²) >= 11 is 1.35. The average molecular weight is 475 g/mol. The molecule has 34 heavy (non-hydrogen) atoms. The van der Waals surface area contributed by atoms with E-state index in [0.29, 0.717) is 23.1 Å². The van der Waals surface area contributed by atoms with Gasteiger partial charge < -0.3 is 14.3 Å². The molecule has 0 radical (unpaired) electrons. The molecule has 5 rings (SSSR count). The van der Waals surface area contributed by atoms with E-state index < -0.39 is 23.5 Å². The van der Waals surface area contributed by atoms with Gasteiger partial charge in [-0.25, -0.2) is 4.98 Å². The number of fused-ring (bicyclic) bond motifs is 1. The van der Waals surface area contributed by atoms with Crippen LogP contribution in [0.4, 0.5) is 5.13 Å². The number of ether oxygens (including phenoxy) is 1. The van der Waals surface area contributed by atoms with Gasteiger partial charge in [-0.3, -0.25) is 14.5 Å². The van der Waals surface area contributed by atoms with Crippen LogP contribution in [0.5, 0.6) is 5.75 Å². The van der Waals surface area contributed by atoms with Crippen LogP contribution in [0, 0.1) is 0 Å². The predicted molar refractivity (Wildman–Crippen MR) is 130 cm³/mol. The van der Waals surface area contributed by atoms with Gasteiger partial charge in [0, 0.05) is 0 Å². The Morgan fingerprint density at radius 1 is 1.18 bits per heavy atom. The zero-order valence-electron chi connectivity index (χ0n) is 18.6. The van der Waals surface area contributed by atoms with E-state index in [2.05, 4.69) is 11.9 Å². The minimum Gasteiger partial charge on any atom is -0.503 e. The van der Waals surface area contributed by atoms with Crippen molar-refractivity contribution in [3.63, 3.8) is 0 Å². The molecule has 4 aromatic rings. The first-order chi connectivity index (χ1) is 16.5. The number of ketones is 1. The first-order valence-corrected chi connectivity index (χ1v) is 11.8. The van der Waals surface area contributed by atoms with Crippen LogP contribution in [0.25, 0.3) is 10.2 Å². The molecule has 2 aromatic carbocycles. The smallest absolute Gasteiger partial charge is 0.296 e. The molecule has 0 fully saturated rings. The van der Waals surface area contributed by atoms with E-state index in [4.69, 9.17) is 9.15 Å². The fourth-order valence-corrected chi connectivity index (χ4v) is 5.14. The van der Waals surface area contributed by atoms with Gasteiger partial charge in [0.15, 0.2) is 16.7 Å². The zero-order chi connectivity index (χ0) is 23.8. The van der Waals surface area contributed by atoms with Crippen molar-refractivity contribution >= 4 is 38.4 Å². The van der Waals surface area contributed by atoms with Crippen molar-refractivity contribution in [1.82, 2.24) is 4.98 Å². The van der Waals surface area contributed by atoms with Gasteiger partial charge in [0.05, 0.1) is 34.7 Å². The average Bonchev–Trinajstić information content (AvgIpc) is 3.58. The number of carbonyl (C=O) groups excluding carboxylic acids is 2. The second-order valence-electron chi connectivity index (χ2n) is 7.80. The van der Waals surface area contributed by atoms with Crippen molar-refractivity contribution < 1.29 is 23.8 Å². The number of benzene rings is 2. The van der Waals surface area contributed by atoms with Crippen molar-refractivity contribution in [2.75, 3.05) is 11.5 Å². The van der Waals surface area contributed by atoms with Crippen molar-refractivity contribution in [2.45, 2.75) is 26.3 Å². The maximum atomic E-state index is 13.3.